The van der Waals surface area contributed by atoms with E-state index in [2.05, 4.69) is 10.1 Å². The van der Waals surface area contributed by atoms with Crippen molar-refractivity contribution in [3.8, 4) is 0 Å². The number of rotatable bonds is 6. The van der Waals surface area contributed by atoms with Crippen LogP contribution in [0.2, 0.25) is 0 Å². The van der Waals surface area contributed by atoms with Crippen molar-refractivity contribution in [3.63, 3.8) is 0 Å². The van der Waals surface area contributed by atoms with Crippen LogP contribution in [0.4, 0.5) is 0 Å². The van der Waals surface area contributed by atoms with E-state index in [0.29, 0.717) is 42.0 Å². The Bertz CT molecular complexity index is 906. The molecule has 0 aromatic carbocycles. The highest BCUT2D eigenvalue weighted by molar-refractivity contribution is 6.24. The minimum Gasteiger partial charge on any atom is -0.511 e. The first-order valence-corrected chi connectivity index (χ1v) is 9.89. The van der Waals surface area contributed by atoms with Gasteiger partial charge in [0.2, 0.25) is 0 Å². The van der Waals surface area contributed by atoms with Gasteiger partial charge >= 0.3 is 5.97 Å². The standard InChI is InChI=1S/C21H26N2O6/c1-21(2)10-13(22-9-8-18(27)28)19(16(26)11-21)15(25)7-6-12-20-14(24)4-3-5-17(20)29-23-12/h25H,3-11H2,1-2H3,(H,27,28)/b19-15+,22-13?. The molecule has 1 heterocycles. The van der Waals surface area contributed by atoms with Gasteiger partial charge in [-0.1, -0.05) is 19.0 Å². The van der Waals surface area contributed by atoms with Gasteiger partial charge in [0.05, 0.1) is 23.3 Å². The van der Waals surface area contributed by atoms with Gasteiger partial charge in [0.15, 0.2) is 11.6 Å². The first-order chi connectivity index (χ1) is 13.7. The first kappa shape index (κ1) is 21.0. The fourth-order valence-electron chi connectivity index (χ4n) is 3.95. The van der Waals surface area contributed by atoms with Gasteiger partial charge in [-0.15, -0.1) is 0 Å². The molecule has 0 spiro atoms. The van der Waals surface area contributed by atoms with E-state index < -0.39 is 5.97 Å². The van der Waals surface area contributed by atoms with Crippen molar-refractivity contribution in [1.82, 2.24) is 5.16 Å². The monoisotopic (exact) mass is 402 g/mol. The number of aryl methyl sites for hydroxylation is 2. The van der Waals surface area contributed by atoms with E-state index in [4.69, 9.17) is 9.63 Å². The van der Waals surface area contributed by atoms with Crippen LogP contribution in [0.15, 0.2) is 20.8 Å². The third-order valence-electron chi connectivity index (χ3n) is 5.29. The lowest BCUT2D eigenvalue weighted by atomic mass is 9.73. The molecule has 1 aromatic heterocycles. The Morgan fingerprint density at radius 1 is 1.14 bits per heavy atom. The Balaban J connectivity index is 1.82. The van der Waals surface area contributed by atoms with Gasteiger partial charge in [-0.25, -0.2) is 0 Å². The first-order valence-electron chi connectivity index (χ1n) is 9.89. The molecule has 29 heavy (non-hydrogen) atoms. The predicted octanol–water partition coefficient (Wildman–Crippen LogP) is 3.24. The highest BCUT2D eigenvalue weighted by Gasteiger charge is 2.36. The summed E-state index contributed by atoms with van der Waals surface area (Å²) in [6, 6.07) is 0. The van der Waals surface area contributed by atoms with E-state index >= 15 is 0 Å². The number of ketones is 2. The molecule has 2 N–H and O–H groups in total. The number of aliphatic carboxylic acids is 1. The molecule has 8 heteroatoms. The van der Waals surface area contributed by atoms with Gasteiger partial charge in [0.1, 0.15) is 11.5 Å². The number of carbonyl (C=O) groups excluding carboxylic acids is 2. The molecule has 8 nitrogen and oxygen atoms in total. The minimum atomic E-state index is -0.967. The van der Waals surface area contributed by atoms with Crippen LogP contribution in [0.25, 0.3) is 0 Å². The Hall–Kier alpha value is -2.77. The van der Waals surface area contributed by atoms with Crippen molar-refractivity contribution in [2.24, 2.45) is 10.4 Å². The normalized spacial score (nSPS) is 21.9. The van der Waals surface area contributed by atoms with E-state index in [9.17, 15) is 19.5 Å². The Morgan fingerprint density at radius 2 is 1.90 bits per heavy atom. The number of allylic oxidation sites excluding steroid dienone is 2. The van der Waals surface area contributed by atoms with E-state index in [1.807, 2.05) is 13.8 Å². The number of hydrogen-bond donors (Lipinski definition) is 2. The molecule has 0 bridgehead atoms. The number of carboxylic acids is 1. The van der Waals surface area contributed by atoms with Crippen LogP contribution in [-0.2, 0) is 22.4 Å². The van der Waals surface area contributed by atoms with Gasteiger partial charge in [-0.05, 0) is 18.3 Å². The van der Waals surface area contributed by atoms with Crippen molar-refractivity contribution in [2.75, 3.05) is 6.54 Å². The number of aliphatic hydroxyl groups is 1. The van der Waals surface area contributed by atoms with Gasteiger partial charge in [-0.2, -0.15) is 0 Å². The van der Waals surface area contributed by atoms with Crippen LogP contribution in [0.3, 0.4) is 0 Å². The van der Waals surface area contributed by atoms with Crippen LogP contribution in [-0.4, -0.2) is 45.2 Å². The van der Waals surface area contributed by atoms with Crippen molar-refractivity contribution in [2.45, 2.75) is 65.2 Å². The fourth-order valence-corrected chi connectivity index (χ4v) is 3.95. The number of aliphatic hydroxyl groups excluding tert-OH is 1. The summed E-state index contributed by atoms with van der Waals surface area (Å²) in [5.41, 5.74) is 1.34. The summed E-state index contributed by atoms with van der Waals surface area (Å²) in [5, 5.41) is 23.5. The molecule has 1 aromatic rings. The predicted molar refractivity (Wildman–Crippen MR) is 104 cm³/mol. The van der Waals surface area contributed by atoms with Gasteiger partial charge in [0, 0.05) is 44.4 Å². The number of carboxylic acid groups (broad SMARTS) is 1. The summed E-state index contributed by atoms with van der Waals surface area (Å²) in [5.74, 6) is -0.674. The van der Waals surface area contributed by atoms with Crippen LogP contribution >= 0.6 is 0 Å². The molecule has 1 fully saturated rings. The van der Waals surface area contributed by atoms with E-state index in [1.54, 1.807) is 0 Å². The maximum absolute atomic E-state index is 12.7. The highest BCUT2D eigenvalue weighted by atomic mass is 16.5. The number of carbonyl (C=O) groups is 3. The second-order valence-corrected chi connectivity index (χ2v) is 8.44. The summed E-state index contributed by atoms with van der Waals surface area (Å²) < 4.78 is 5.27. The van der Waals surface area contributed by atoms with E-state index in [-0.39, 0.29) is 60.5 Å². The molecule has 1 saturated carbocycles. The van der Waals surface area contributed by atoms with Crippen molar-refractivity contribution < 1.29 is 29.1 Å². The number of fused-ring (bicyclic) bond motifs is 1. The van der Waals surface area contributed by atoms with Crippen LogP contribution in [0.1, 0.15) is 74.2 Å². The molecule has 0 radical (unpaired) electrons. The Morgan fingerprint density at radius 3 is 2.62 bits per heavy atom. The zero-order valence-electron chi connectivity index (χ0n) is 16.8. The Labute approximate surface area is 168 Å². The maximum atomic E-state index is 12.7. The molecule has 0 saturated heterocycles. The number of nitrogens with zero attached hydrogens (tertiary/aromatic N) is 2. The highest BCUT2D eigenvalue weighted by Crippen LogP contribution is 2.36. The lowest BCUT2D eigenvalue weighted by Gasteiger charge is -2.31. The topological polar surface area (TPSA) is 130 Å². The van der Waals surface area contributed by atoms with E-state index in [1.165, 1.54) is 0 Å². The summed E-state index contributed by atoms with van der Waals surface area (Å²) in [7, 11) is 0. The molecule has 0 aliphatic heterocycles. The Kier molecular flexibility index (Phi) is 6.00. The quantitative estimate of drug-likeness (QED) is 0.552. The largest absolute Gasteiger partial charge is 0.511 e. The zero-order chi connectivity index (χ0) is 21.2. The fraction of sp³-hybridized carbons (Fsp3) is 0.571. The summed E-state index contributed by atoms with van der Waals surface area (Å²) >= 11 is 0. The third-order valence-corrected chi connectivity index (χ3v) is 5.29. The second-order valence-electron chi connectivity index (χ2n) is 8.44. The minimum absolute atomic E-state index is 0.000979. The number of hydrogen-bond acceptors (Lipinski definition) is 7. The molecule has 2 aliphatic carbocycles. The lowest BCUT2D eigenvalue weighted by molar-refractivity contribution is -0.136. The van der Waals surface area contributed by atoms with Crippen molar-refractivity contribution >= 4 is 23.2 Å². The molecular weight excluding hydrogens is 376 g/mol. The second kappa shape index (κ2) is 8.31. The van der Waals surface area contributed by atoms with Gasteiger partial charge in [0.25, 0.3) is 0 Å². The molecule has 156 valence electrons. The molecule has 0 amide bonds. The zero-order valence-corrected chi connectivity index (χ0v) is 16.8. The SMILES string of the molecule is CC1(C)CC(=O)/C(=C(/O)CCc2noc3c2C(=O)CCC3)C(=NCCC(=O)O)C1. The molecular formula is C21H26N2O6. The smallest absolute Gasteiger partial charge is 0.305 e. The van der Waals surface area contributed by atoms with E-state index in [0.717, 1.165) is 6.42 Å². The summed E-state index contributed by atoms with van der Waals surface area (Å²) in [4.78, 5) is 40.0. The van der Waals surface area contributed by atoms with Crippen molar-refractivity contribution in [3.05, 3.63) is 28.3 Å². The van der Waals surface area contributed by atoms with Crippen LogP contribution < -0.4 is 0 Å². The molecule has 0 atom stereocenters. The third kappa shape index (κ3) is 4.81. The van der Waals surface area contributed by atoms with Crippen molar-refractivity contribution in [1.29, 1.82) is 0 Å². The molecule has 3 rings (SSSR count). The summed E-state index contributed by atoms with van der Waals surface area (Å²) in [6.45, 7) is 3.94. The number of Topliss-reactive ketones (excluding diaryl/α,β-unsaturated/α-hetero) is 2. The maximum Gasteiger partial charge on any atom is 0.305 e. The average molecular weight is 402 g/mol. The average Bonchev–Trinajstić information content (AvgIpc) is 3.02. The van der Waals surface area contributed by atoms with Crippen LogP contribution in [0, 0.1) is 5.41 Å². The van der Waals surface area contributed by atoms with Crippen LogP contribution in [0.5, 0.6) is 0 Å². The number of aromatic nitrogens is 1. The van der Waals surface area contributed by atoms with Gasteiger partial charge < -0.3 is 14.7 Å². The summed E-state index contributed by atoms with van der Waals surface area (Å²) in [6.07, 6.45) is 2.91. The molecule has 0 unspecified atom stereocenters. The number of aliphatic imine (C=N–C) groups is 1. The van der Waals surface area contributed by atoms with Gasteiger partial charge in [-0.3, -0.25) is 19.4 Å². The lowest BCUT2D eigenvalue weighted by Crippen LogP contribution is -2.33. The molecule has 2 aliphatic rings.